The number of hydrogen-bond donors (Lipinski definition) is 1. The highest BCUT2D eigenvalue weighted by Gasteiger charge is 2.00. The quantitative estimate of drug-likeness (QED) is 0.784. The van der Waals surface area contributed by atoms with Gasteiger partial charge in [0.1, 0.15) is 11.5 Å². The predicted molar refractivity (Wildman–Crippen MR) is 81.0 cm³/mol. The lowest BCUT2D eigenvalue weighted by Crippen LogP contribution is -2.02. The van der Waals surface area contributed by atoms with E-state index in [4.69, 9.17) is 10.5 Å². The predicted octanol–water partition coefficient (Wildman–Crippen LogP) is 3.53. The largest absolute Gasteiger partial charge is 0.456 e. The molecule has 3 aromatic rings. The average Bonchev–Trinajstić information content (AvgIpc) is 2.49. The SMILES string of the molecule is NCCc1ccc(Oc2cnc3ccccc3c2)cc1. The summed E-state index contributed by atoms with van der Waals surface area (Å²) in [4.78, 5) is 4.38. The summed E-state index contributed by atoms with van der Waals surface area (Å²) in [5, 5.41) is 1.07. The minimum absolute atomic E-state index is 0.662. The van der Waals surface area contributed by atoms with Crippen molar-refractivity contribution in [2.45, 2.75) is 6.42 Å². The van der Waals surface area contributed by atoms with Crippen molar-refractivity contribution in [1.82, 2.24) is 4.98 Å². The van der Waals surface area contributed by atoms with Crippen molar-refractivity contribution in [1.29, 1.82) is 0 Å². The third-order valence-electron chi connectivity index (χ3n) is 3.16. The standard InChI is InChI=1S/C17H16N2O/c18-10-9-13-5-7-15(8-6-13)20-16-11-14-3-1-2-4-17(14)19-12-16/h1-8,11-12H,9-10,18H2. The van der Waals surface area contributed by atoms with Gasteiger partial charge < -0.3 is 10.5 Å². The topological polar surface area (TPSA) is 48.1 Å². The number of pyridine rings is 1. The Labute approximate surface area is 118 Å². The van der Waals surface area contributed by atoms with Crippen molar-refractivity contribution >= 4 is 10.9 Å². The molecule has 0 atom stereocenters. The molecule has 0 spiro atoms. The van der Waals surface area contributed by atoms with Crippen LogP contribution in [0.2, 0.25) is 0 Å². The third kappa shape index (κ3) is 2.78. The van der Waals surface area contributed by atoms with Crippen molar-refractivity contribution in [3.8, 4) is 11.5 Å². The molecule has 3 heteroatoms. The fourth-order valence-corrected chi connectivity index (χ4v) is 2.13. The molecule has 0 aliphatic heterocycles. The highest BCUT2D eigenvalue weighted by atomic mass is 16.5. The lowest BCUT2D eigenvalue weighted by Gasteiger charge is -2.07. The van der Waals surface area contributed by atoms with E-state index in [0.29, 0.717) is 6.54 Å². The number of hydrogen-bond acceptors (Lipinski definition) is 3. The lowest BCUT2D eigenvalue weighted by atomic mass is 10.1. The molecule has 3 nitrogen and oxygen atoms in total. The smallest absolute Gasteiger partial charge is 0.146 e. The van der Waals surface area contributed by atoms with Gasteiger partial charge >= 0.3 is 0 Å². The highest BCUT2D eigenvalue weighted by molar-refractivity contribution is 5.79. The molecule has 0 aliphatic carbocycles. The normalized spacial score (nSPS) is 10.7. The van der Waals surface area contributed by atoms with Crippen molar-refractivity contribution in [3.05, 3.63) is 66.4 Å². The van der Waals surface area contributed by atoms with Crippen LogP contribution in [0.15, 0.2) is 60.8 Å². The first kappa shape index (κ1) is 12.6. The van der Waals surface area contributed by atoms with Crippen molar-refractivity contribution in [2.24, 2.45) is 5.73 Å². The summed E-state index contributed by atoms with van der Waals surface area (Å²) in [6.07, 6.45) is 2.63. The van der Waals surface area contributed by atoms with Gasteiger partial charge in [-0.25, -0.2) is 0 Å². The van der Waals surface area contributed by atoms with Gasteiger partial charge in [-0.2, -0.15) is 0 Å². The molecule has 1 aromatic heterocycles. The zero-order valence-corrected chi connectivity index (χ0v) is 11.1. The third-order valence-corrected chi connectivity index (χ3v) is 3.16. The molecule has 3 rings (SSSR count). The first-order valence-corrected chi connectivity index (χ1v) is 6.67. The van der Waals surface area contributed by atoms with E-state index in [1.165, 1.54) is 5.56 Å². The van der Waals surface area contributed by atoms with Crippen LogP contribution < -0.4 is 10.5 Å². The number of benzene rings is 2. The summed E-state index contributed by atoms with van der Waals surface area (Å²) in [7, 11) is 0. The zero-order valence-electron chi connectivity index (χ0n) is 11.1. The Morgan fingerprint density at radius 2 is 1.75 bits per heavy atom. The minimum atomic E-state index is 0.662. The molecule has 0 saturated heterocycles. The highest BCUT2D eigenvalue weighted by Crippen LogP contribution is 2.24. The second-order valence-corrected chi connectivity index (χ2v) is 4.65. The molecule has 1 heterocycles. The van der Waals surface area contributed by atoms with Crippen LogP contribution >= 0.6 is 0 Å². The second kappa shape index (κ2) is 5.72. The maximum atomic E-state index is 5.83. The van der Waals surface area contributed by atoms with Crippen LogP contribution in [0.5, 0.6) is 11.5 Å². The van der Waals surface area contributed by atoms with Gasteiger partial charge in [0.15, 0.2) is 0 Å². The molecule has 2 N–H and O–H groups in total. The van der Waals surface area contributed by atoms with E-state index in [0.717, 1.165) is 28.8 Å². The number of aromatic nitrogens is 1. The van der Waals surface area contributed by atoms with Crippen LogP contribution in [0.1, 0.15) is 5.56 Å². The molecular formula is C17H16N2O. The Hall–Kier alpha value is -2.39. The van der Waals surface area contributed by atoms with E-state index in [9.17, 15) is 0 Å². The molecule has 0 fully saturated rings. The van der Waals surface area contributed by atoms with Crippen LogP contribution in [0.25, 0.3) is 10.9 Å². The Morgan fingerprint density at radius 1 is 0.950 bits per heavy atom. The average molecular weight is 264 g/mol. The molecule has 100 valence electrons. The number of nitrogens with two attached hydrogens (primary N) is 1. The van der Waals surface area contributed by atoms with Gasteiger partial charge in [-0.1, -0.05) is 30.3 Å². The van der Waals surface area contributed by atoms with Gasteiger partial charge in [0, 0.05) is 5.39 Å². The Balaban J connectivity index is 1.81. The first-order valence-electron chi connectivity index (χ1n) is 6.67. The van der Waals surface area contributed by atoms with Gasteiger partial charge in [0.25, 0.3) is 0 Å². The molecular weight excluding hydrogens is 248 g/mol. The van der Waals surface area contributed by atoms with Crippen LogP contribution in [0.4, 0.5) is 0 Å². The summed E-state index contributed by atoms with van der Waals surface area (Å²) >= 11 is 0. The summed E-state index contributed by atoms with van der Waals surface area (Å²) in [6, 6.07) is 18.0. The number of ether oxygens (including phenoxy) is 1. The van der Waals surface area contributed by atoms with Gasteiger partial charge in [0.05, 0.1) is 11.7 Å². The van der Waals surface area contributed by atoms with E-state index >= 15 is 0 Å². The monoisotopic (exact) mass is 264 g/mol. The molecule has 0 bridgehead atoms. The number of nitrogens with zero attached hydrogens (tertiary/aromatic N) is 1. The lowest BCUT2D eigenvalue weighted by molar-refractivity contribution is 0.481. The molecule has 0 saturated carbocycles. The van der Waals surface area contributed by atoms with E-state index in [-0.39, 0.29) is 0 Å². The Bertz CT molecular complexity index is 708. The molecule has 20 heavy (non-hydrogen) atoms. The number of fused-ring (bicyclic) bond motifs is 1. The zero-order chi connectivity index (χ0) is 13.8. The molecule has 0 aliphatic rings. The second-order valence-electron chi connectivity index (χ2n) is 4.65. The summed E-state index contributed by atoms with van der Waals surface area (Å²) in [5.74, 6) is 1.55. The fraction of sp³-hybridized carbons (Fsp3) is 0.118. The molecule has 0 radical (unpaired) electrons. The van der Waals surface area contributed by atoms with E-state index in [2.05, 4.69) is 4.98 Å². The van der Waals surface area contributed by atoms with Crippen LogP contribution in [0, 0.1) is 0 Å². The molecule has 0 unspecified atom stereocenters. The summed E-state index contributed by atoms with van der Waals surface area (Å²) < 4.78 is 5.83. The molecule has 0 amide bonds. The van der Waals surface area contributed by atoms with Crippen LogP contribution in [-0.2, 0) is 6.42 Å². The van der Waals surface area contributed by atoms with Crippen molar-refractivity contribution in [3.63, 3.8) is 0 Å². The van der Waals surface area contributed by atoms with E-state index in [1.807, 2.05) is 54.6 Å². The number of rotatable bonds is 4. The number of para-hydroxylation sites is 1. The maximum Gasteiger partial charge on any atom is 0.146 e. The first-order chi connectivity index (χ1) is 9.85. The van der Waals surface area contributed by atoms with Gasteiger partial charge in [-0.05, 0) is 42.8 Å². The van der Waals surface area contributed by atoms with Gasteiger partial charge in [-0.15, -0.1) is 0 Å². The van der Waals surface area contributed by atoms with Gasteiger partial charge in [-0.3, -0.25) is 4.98 Å². The van der Waals surface area contributed by atoms with Crippen molar-refractivity contribution < 1.29 is 4.74 Å². The van der Waals surface area contributed by atoms with Crippen molar-refractivity contribution in [2.75, 3.05) is 6.54 Å². The van der Waals surface area contributed by atoms with E-state index in [1.54, 1.807) is 6.20 Å². The fourth-order valence-electron chi connectivity index (χ4n) is 2.13. The maximum absolute atomic E-state index is 5.83. The summed E-state index contributed by atoms with van der Waals surface area (Å²) in [5.41, 5.74) is 7.72. The summed E-state index contributed by atoms with van der Waals surface area (Å²) in [6.45, 7) is 0.662. The minimum Gasteiger partial charge on any atom is -0.456 e. The Morgan fingerprint density at radius 3 is 2.55 bits per heavy atom. The van der Waals surface area contributed by atoms with Crippen LogP contribution in [0.3, 0.4) is 0 Å². The van der Waals surface area contributed by atoms with Crippen LogP contribution in [-0.4, -0.2) is 11.5 Å². The van der Waals surface area contributed by atoms with E-state index < -0.39 is 0 Å². The molecule has 2 aromatic carbocycles. The van der Waals surface area contributed by atoms with Gasteiger partial charge in [0.2, 0.25) is 0 Å². The Kier molecular flexibility index (Phi) is 3.61.